The number of piperidine rings is 1. The van der Waals surface area contributed by atoms with Crippen LogP contribution in [0.1, 0.15) is 40.9 Å². The van der Waals surface area contributed by atoms with Crippen LogP contribution >= 0.6 is 0 Å². The third kappa shape index (κ3) is 5.99. The second kappa shape index (κ2) is 11.4. The Balaban J connectivity index is 1.16. The van der Waals surface area contributed by atoms with E-state index in [1.807, 2.05) is 11.7 Å². The molecule has 0 aliphatic carbocycles. The Kier molecular flexibility index (Phi) is 7.81. The van der Waals surface area contributed by atoms with Crippen molar-refractivity contribution >= 4 is 11.7 Å². The number of likely N-dealkylation sites (tertiary alicyclic amines) is 1. The Morgan fingerprint density at radius 1 is 1.14 bits per heavy atom. The smallest absolute Gasteiger partial charge is 0.253 e. The number of pyridine rings is 1. The van der Waals surface area contributed by atoms with Crippen molar-refractivity contribution in [1.29, 1.82) is 0 Å². The van der Waals surface area contributed by atoms with Gasteiger partial charge < -0.3 is 15.0 Å². The summed E-state index contributed by atoms with van der Waals surface area (Å²) in [6.07, 6.45) is 4.38. The van der Waals surface area contributed by atoms with Gasteiger partial charge in [-0.05, 0) is 50.5 Å². The van der Waals surface area contributed by atoms with Crippen LogP contribution < -0.4 is 10.2 Å². The van der Waals surface area contributed by atoms with E-state index >= 15 is 0 Å². The van der Waals surface area contributed by atoms with Crippen molar-refractivity contribution in [3.05, 3.63) is 65.2 Å². The Labute approximate surface area is 217 Å². The van der Waals surface area contributed by atoms with Crippen LogP contribution in [0.3, 0.4) is 0 Å². The summed E-state index contributed by atoms with van der Waals surface area (Å²) in [6.45, 7) is 8.21. The molecule has 5 rings (SSSR count). The summed E-state index contributed by atoms with van der Waals surface area (Å²) in [5, 5.41) is 7.90. The molecular formula is C28H35FN6O2. The molecule has 3 aromatic rings. The van der Waals surface area contributed by atoms with E-state index in [0.717, 1.165) is 70.9 Å². The highest BCUT2D eigenvalue weighted by Gasteiger charge is 2.26. The van der Waals surface area contributed by atoms with Crippen LogP contribution in [-0.4, -0.2) is 71.0 Å². The average Bonchev–Trinajstić information content (AvgIpc) is 3.06. The van der Waals surface area contributed by atoms with Crippen LogP contribution in [-0.2, 0) is 18.3 Å². The van der Waals surface area contributed by atoms with Gasteiger partial charge in [-0.1, -0.05) is 12.1 Å². The molecule has 2 aliphatic heterocycles. The summed E-state index contributed by atoms with van der Waals surface area (Å²) >= 11 is 0. The van der Waals surface area contributed by atoms with Crippen LogP contribution in [0.5, 0.6) is 0 Å². The first-order chi connectivity index (χ1) is 18.0. The number of amides is 1. The third-order valence-electron chi connectivity index (χ3n) is 7.29. The molecule has 0 unspecified atom stereocenters. The minimum atomic E-state index is -0.307. The SMILES string of the molecule is Cc1nn(C)c(N2CCCOCC2)c1CN1CCC(NC(=O)c2ccc(-c3cccc(F)c3)nc2)CC1. The van der Waals surface area contributed by atoms with Gasteiger partial charge in [0, 0.05) is 69.7 Å². The summed E-state index contributed by atoms with van der Waals surface area (Å²) in [5.41, 5.74) is 4.21. The van der Waals surface area contributed by atoms with E-state index in [-0.39, 0.29) is 17.8 Å². The molecule has 9 heteroatoms. The monoisotopic (exact) mass is 506 g/mol. The van der Waals surface area contributed by atoms with Gasteiger partial charge in [-0.15, -0.1) is 0 Å². The van der Waals surface area contributed by atoms with Crippen molar-refractivity contribution < 1.29 is 13.9 Å². The van der Waals surface area contributed by atoms with Gasteiger partial charge >= 0.3 is 0 Å². The van der Waals surface area contributed by atoms with Gasteiger partial charge in [0.05, 0.1) is 23.6 Å². The fraction of sp³-hybridized carbons (Fsp3) is 0.464. The number of carbonyl (C=O) groups is 1. The highest BCUT2D eigenvalue weighted by molar-refractivity contribution is 5.94. The molecule has 0 radical (unpaired) electrons. The quantitative estimate of drug-likeness (QED) is 0.551. The van der Waals surface area contributed by atoms with Gasteiger partial charge in [0.15, 0.2) is 0 Å². The highest BCUT2D eigenvalue weighted by Crippen LogP contribution is 2.27. The van der Waals surface area contributed by atoms with Crippen molar-refractivity contribution in [3.63, 3.8) is 0 Å². The van der Waals surface area contributed by atoms with Gasteiger partial charge in [0.1, 0.15) is 11.6 Å². The lowest BCUT2D eigenvalue weighted by molar-refractivity contribution is 0.0908. The topological polar surface area (TPSA) is 75.5 Å². The van der Waals surface area contributed by atoms with E-state index in [2.05, 4.69) is 27.0 Å². The molecule has 1 amide bonds. The summed E-state index contributed by atoms with van der Waals surface area (Å²) < 4.78 is 21.2. The summed E-state index contributed by atoms with van der Waals surface area (Å²) in [4.78, 5) is 22.1. The number of halogens is 1. The molecule has 4 heterocycles. The predicted molar refractivity (Wildman–Crippen MR) is 141 cm³/mol. The zero-order valence-electron chi connectivity index (χ0n) is 21.6. The lowest BCUT2D eigenvalue weighted by atomic mass is 10.0. The maximum absolute atomic E-state index is 13.5. The van der Waals surface area contributed by atoms with Crippen LogP contribution in [0, 0.1) is 12.7 Å². The summed E-state index contributed by atoms with van der Waals surface area (Å²) in [7, 11) is 2.03. The number of nitrogens with zero attached hydrogens (tertiary/aromatic N) is 5. The zero-order chi connectivity index (χ0) is 25.8. The van der Waals surface area contributed by atoms with E-state index < -0.39 is 0 Å². The lowest BCUT2D eigenvalue weighted by Gasteiger charge is -2.33. The standard InChI is InChI=1S/C28H35FN6O2/c1-20-25(28(33(2)32-20)35-11-4-15-37-16-14-35)19-34-12-9-24(10-13-34)31-27(36)22-7-8-26(30-18-22)21-5-3-6-23(29)17-21/h3,5-8,17-18,24H,4,9-16,19H2,1-2H3,(H,31,36). The van der Waals surface area contributed by atoms with E-state index in [1.54, 1.807) is 30.5 Å². The van der Waals surface area contributed by atoms with Crippen molar-refractivity contribution in [2.45, 2.75) is 38.8 Å². The molecule has 0 saturated carbocycles. The van der Waals surface area contributed by atoms with Crippen molar-refractivity contribution in [3.8, 4) is 11.3 Å². The van der Waals surface area contributed by atoms with Gasteiger partial charge in [0.25, 0.3) is 5.91 Å². The molecule has 0 bridgehead atoms. The lowest BCUT2D eigenvalue weighted by Crippen LogP contribution is -2.44. The first-order valence-electron chi connectivity index (χ1n) is 13.1. The minimum Gasteiger partial charge on any atom is -0.380 e. The molecule has 1 N–H and O–H groups in total. The van der Waals surface area contributed by atoms with E-state index in [9.17, 15) is 9.18 Å². The van der Waals surface area contributed by atoms with Gasteiger partial charge in [-0.3, -0.25) is 19.4 Å². The number of aromatic nitrogens is 3. The van der Waals surface area contributed by atoms with Gasteiger partial charge in [-0.2, -0.15) is 5.10 Å². The second-order valence-electron chi connectivity index (χ2n) is 9.93. The first kappa shape index (κ1) is 25.4. The molecule has 37 heavy (non-hydrogen) atoms. The van der Waals surface area contributed by atoms with Crippen LogP contribution in [0.4, 0.5) is 10.2 Å². The molecule has 0 spiro atoms. The molecule has 2 fully saturated rings. The molecule has 0 atom stereocenters. The van der Waals surface area contributed by atoms with Crippen LogP contribution in [0.2, 0.25) is 0 Å². The van der Waals surface area contributed by atoms with Gasteiger partial charge in [-0.25, -0.2) is 4.39 Å². The molecule has 2 aliphatic rings. The Morgan fingerprint density at radius 2 is 1.97 bits per heavy atom. The van der Waals surface area contributed by atoms with E-state index in [0.29, 0.717) is 16.8 Å². The Morgan fingerprint density at radius 3 is 2.73 bits per heavy atom. The molecule has 2 saturated heterocycles. The first-order valence-corrected chi connectivity index (χ1v) is 13.1. The van der Waals surface area contributed by atoms with E-state index in [1.165, 1.54) is 23.5 Å². The van der Waals surface area contributed by atoms with Crippen molar-refractivity contribution in [2.24, 2.45) is 7.05 Å². The number of benzene rings is 1. The predicted octanol–water partition coefficient (Wildman–Crippen LogP) is 3.55. The molecule has 196 valence electrons. The number of nitrogens with one attached hydrogen (secondary N) is 1. The number of carbonyl (C=O) groups excluding carboxylic acids is 1. The fourth-order valence-electron chi connectivity index (χ4n) is 5.30. The molecule has 2 aromatic heterocycles. The maximum Gasteiger partial charge on any atom is 0.253 e. The maximum atomic E-state index is 13.5. The number of ether oxygens (including phenoxy) is 1. The zero-order valence-corrected chi connectivity index (χ0v) is 21.6. The number of anilines is 1. The van der Waals surface area contributed by atoms with Gasteiger partial charge in [0.2, 0.25) is 0 Å². The minimum absolute atomic E-state index is 0.120. The summed E-state index contributed by atoms with van der Waals surface area (Å²) in [5.74, 6) is 0.775. The number of rotatable bonds is 6. The van der Waals surface area contributed by atoms with Crippen LogP contribution in [0.25, 0.3) is 11.3 Å². The second-order valence-corrected chi connectivity index (χ2v) is 9.93. The number of hydrogen-bond acceptors (Lipinski definition) is 6. The summed E-state index contributed by atoms with van der Waals surface area (Å²) in [6, 6.07) is 9.93. The van der Waals surface area contributed by atoms with Crippen molar-refractivity contribution in [1.82, 2.24) is 25.0 Å². The number of aryl methyl sites for hydroxylation is 2. The van der Waals surface area contributed by atoms with Crippen LogP contribution in [0.15, 0.2) is 42.6 Å². The molecule has 1 aromatic carbocycles. The molecular weight excluding hydrogens is 471 g/mol. The number of hydrogen-bond donors (Lipinski definition) is 1. The Hall–Kier alpha value is -3.30. The fourth-order valence-corrected chi connectivity index (χ4v) is 5.30. The highest BCUT2D eigenvalue weighted by atomic mass is 19.1. The third-order valence-corrected chi connectivity index (χ3v) is 7.29. The largest absolute Gasteiger partial charge is 0.380 e. The van der Waals surface area contributed by atoms with E-state index in [4.69, 9.17) is 9.84 Å². The van der Waals surface area contributed by atoms with Crippen molar-refractivity contribution in [2.75, 3.05) is 44.3 Å². The molecule has 8 nitrogen and oxygen atoms in total. The normalized spacial score (nSPS) is 17.5. The average molecular weight is 507 g/mol. The Bertz CT molecular complexity index is 1210.